The molecule has 0 aromatic heterocycles. The Hall–Kier alpha value is -0.120. The highest BCUT2D eigenvalue weighted by molar-refractivity contribution is 4.75. The van der Waals surface area contributed by atoms with Crippen LogP contribution >= 0.6 is 0 Å². The van der Waals surface area contributed by atoms with E-state index < -0.39 is 0 Å². The molecule has 0 aromatic rings. The average Bonchev–Trinajstić information content (AvgIpc) is 2.42. The third-order valence-corrected chi connectivity index (χ3v) is 4.47. The first kappa shape index (κ1) is 14.3. The van der Waals surface area contributed by atoms with Gasteiger partial charge in [-0.25, -0.2) is 0 Å². The Morgan fingerprint density at radius 3 is 2.11 bits per heavy atom. The van der Waals surface area contributed by atoms with E-state index in [1.165, 1.54) is 84.3 Å². The fourth-order valence-electron chi connectivity index (χ4n) is 3.29. The van der Waals surface area contributed by atoms with E-state index in [4.69, 9.17) is 0 Å². The van der Waals surface area contributed by atoms with Crippen LogP contribution in [0.3, 0.4) is 0 Å². The summed E-state index contributed by atoms with van der Waals surface area (Å²) >= 11 is 0. The molecule has 2 fully saturated rings. The van der Waals surface area contributed by atoms with Gasteiger partial charge in [0.05, 0.1) is 0 Å². The molecule has 0 amide bonds. The van der Waals surface area contributed by atoms with Crippen LogP contribution in [0, 0.1) is 0 Å². The highest BCUT2D eigenvalue weighted by atomic mass is 15.3. The highest BCUT2D eigenvalue weighted by Gasteiger charge is 2.16. The van der Waals surface area contributed by atoms with Crippen LogP contribution in [-0.2, 0) is 0 Å². The van der Waals surface area contributed by atoms with Gasteiger partial charge in [0, 0.05) is 45.3 Å². The molecule has 106 valence electrons. The van der Waals surface area contributed by atoms with Crippen molar-refractivity contribution in [3.05, 3.63) is 0 Å². The maximum atomic E-state index is 3.75. The molecule has 1 aliphatic heterocycles. The average molecular weight is 253 g/mol. The monoisotopic (exact) mass is 253 g/mol. The van der Waals surface area contributed by atoms with E-state index in [-0.39, 0.29) is 0 Å². The first-order chi connectivity index (χ1) is 8.88. The van der Waals surface area contributed by atoms with Gasteiger partial charge < -0.3 is 10.2 Å². The van der Waals surface area contributed by atoms with E-state index in [1.807, 2.05) is 0 Å². The van der Waals surface area contributed by atoms with E-state index in [1.54, 1.807) is 0 Å². The van der Waals surface area contributed by atoms with E-state index in [0.29, 0.717) is 0 Å². The minimum atomic E-state index is 0.820. The Labute approximate surface area is 113 Å². The van der Waals surface area contributed by atoms with Crippen LogP contribution in [0.25, 0.3) is 0 Å². The SMILES string of the molecule is CCCN1CCN(CCNC2CCCCC2)CC1. The van der Waals surface area contributed by atoms with Crippen LogP contribution in [0.15, 0.2) is 0 Å². The number of piperazine rings is 1. The van der Waals surface area contributed by atoms with E-state index in [2.05, 4.69) is 22.0 Å². The number of nitrogens with zero attached hydrogens (tertiary/aromatic N) is 2. The Morgan fingerprint density at radius 1 is 0.889 bits per heavy atom. The second-order valence-electron chi connectivity index (χ2n) is 5.97. The molecule has 1 saturated heterocycles. The number of hydrogen-bond donors (Lipinski definition) is 1. The lowest BCUT2D eigenvalue weighted by Crippen LogP contribution is -2.48. The Bertz CT molecular complexity index is 206. The van der Waals surface area contributed by atoms with Gasteiger partial charge >= 0.3 is 0 Å². The van der Waals surface area contributed by atoms with Crippen molar-refractivity contribution in [1.82, 2.24) is 15.1 Å². The molecular weight excluding hydrogens is 222 g/mol. The zero-order valence-electron chi connectivity index (χ0n) is 12.2. The molecule has 3 heteroatoms. The van der Waals surface area contributed by atoms with Crippen molar-refractivity contribution in [2.45, 2.75) is 51.5 Å². The lowest BCUT2D eigenvalue weighted by molar-refractivity contribution is 0.132. The molecule has 0 aromatic carbocycles. The maximum Gasteiger partial charge on any atom is 0.0110 e. The summed E-state index contributed by atoms with van der Waals surface area (Å²) in [5, 5.41) is 3.75. The van der Waals surface area contributed by atoms with Crippen LogP contribution in [0.1, 0.15) is 45.4 Å². The Kier molecular flexibility index (Phi) is 6.46. The molecular formula is C15H31N3. The van der Waals surface area contributed by atoms with Gasteiger partial charge in [-0.1, -0.05) is 26.2 Å². The number of hydrogen-bond acceptors (Lipinski definition) is 3. The predicted octanol–water partition coefficient (Wildman–Crippen LogP) is 1.94. The van der Waals surface area contributed by atoms with Gasteiger partial charge in [0.1, 0.15) is 0 Å². The summed E-state index contributed by atoms with van der Waals surface area (Å²) in [6.45, 7) is 11.1. The molecule has 2 rings (SSSR count). The van der Waals surface area contributed by atoms with Crippen molar-refractivity contribution in [3.8, 4) is 0 Å². The third kappa shape index (κ3) is 4.87. The van der Waals surface area contributed by atoms with Crippen molar-refractivity contribution < 1.29 is 0 Å². The second kappa shape index (κ2) is 8.13. The summed E-state index contributed by atoms with van der Waals surface area (Å²) in [5.74, 6) is 0. The van der Waals surface area contributed by atoms with Gasteiger partial charge in [0.25, 0.3) is 0 Å². The van der Waals surface area contributed by atoms with Crippen LogP contribution < -0.4 is 5.32 Å². The number of nitrogens with one attached hydrogen (secondary N) is 1. The summed E-state index contributed by atoms with van der Waals surface area (Å²) in [6.07, 6.45) is 8.44. The Morgan fingerprint density at radius 2 is 1.50 bits per heavy atom. The van der Waals surface area contributed by atoms with Crippen molar-refractivity contribution in [2.24, 2.45) is 0 Å². The minimum Gasteiger partial charge on any atom is -0.313 e. The van der Waals surface area contributed by atoms with Crippen molar-refractivity contribution >= 4 is 0 Å². The van der Waals surface area contributed by atoms with E-state index >= 15 is 0 Å². The van der Waals surface area contributed by atoms with Gasteiger partial charge in [-0.2, -0.15) is 0 Å². The van der Waals surface area contributed by atoms with Gasteiger partial charge in [-0.15, -0.1) is 0 Å². The molecule has 0 atom stereocenters. The Balaban J connectivity index is 1.52. The fraction of sp³-hybridized carbons (Fsp3) is 1.00. The van der Waals surface area contributed by atoms with Crippen molar-refractivity contribution in [1.29, 1.82) is 0 Å². The molecule has 0 spiro atoms. The molecule has 0 unspecified atom stereocenters. The highest BCUT2D eigenvalue weighted by Crippen LogP contribution is 2.17. The van der Waals surface area contributed by atoms with Crippen LogP contribution in [0.2, 0.25) is 0 Å². The fourth-order valence-corrected chi connectivity index (χ4v) is 3.29. The zero-order chi connectivity index (χ0) is 12.6. The smallest absolute Gasteiger partial charge is 0.0110 e. The molecule has 0 bridgehead atoms. The summed E-state index contributed by atoms with van der Waals surface area (Å²) in [5.41, 5.74) is 0. The first-order valence-electron chi connectivity index (χ1n) is 8.06. The summed E-state index contributed by atoms with van der Waals surface area (Å²) in [6, 6.07) is 0.820. The van der Waals surface area contributed by atoms with Gasteiger partial charge in [0.15, 0.2) is 0 Å². The molecule has 0 radical (unpaired) electrons. The van der Waals surface area contributed by atoms with Gasteiger partial charge in [-0.05, 0) is 25.8 Å². The van der Waals surface area contributed by atoms with Gasteiger partial charge in [-0.3, -0.25) is 4.90 Å². The van der Waals surface area contributed by atoms with Crippen molar-refractivity contribution in [2.75, 3.05) is 45.8 Å². The zero-order valence-corrected chi connectivity index (χ0v) is 12.2. The van der Waals surface area contributed by atoms with E-state index in [9.17, 15) is 0 Å². The molecule has 18 heavy (non-hydrogen) atoms. The number of rotatable bonds is 6. The summed E-state index contributed by atoms with van der Waals surface area (Å²) in [4.78, 5) is 5.23. The van der Waals surface area contributed by atoms with Crippen LogP contribution in [-0.4, -0.2) is 61.7 Å². The summed E-state index contributed by atoms with van der Waals surface area (Å²) < 4.78 is 0. The van der Waals surface area contributed by atoms with Crippen LogP contribution in [0.4, 0.5) is 0 Å². The molecule has 1 aliphatic carbocycles. The predicted molar refractivity (Wildman–Crippen MR) is 78.0 cm³/mol. The normalized spacial score (nSPS) is 24.5. The molecule has 1 saturated carbocycles. The topological polar surface area (TPSA) is 18.5 Å². The molecule has 1 N–H and O–H groups in total. The lowest BCUT2D eigenvalue weighted by atomic mass is 9.95. The molecule has 2 aliphatic rings. The summed E-state index contributed by atoms with van der Waals surface area (Å²) in [7, 11) is 0. The van der Waals surface area contributed by atoms with Gasteiger partial charge in [0.2, 0.25) is 0 Å². The molecule has 3 nitrogen and oxygen atoms in total. The second-order valence-corrected chi connectivity index (χ2v) is 5.97. The standard InChI is InChI=1S/C15H31N3/c1-2-9-17-11-13-18(14-12-17)10-8-16-15-6-4-3-5-7-15/h15-16H,2-14H2,1H3. The third-order valence-electron chi connectivity index (χ3n) is 4.47. The van der Waals surface area contributed by atoms with Crippen LogP contribution in [0.5, 0.6) is 0 Å². The first-order valence-corrected chi connectivity index (χ1v) is 8.06. The van der Waals surface area contributed by atoms with Crippen molar-refractivity contribution in [3.63, 3.8) is 0 Å². The quantitative estimate of drug-likeness (QED) is 0.780. The lowest BCUT2D eigenvalue weighted by Gasteiger charge is -2.35. The maximum absolute atomic E-state index is 3.75. The largest absolute Gasteiger partial charge is 0.313 e. The molecule has 1 heterocycles. The minimum absolute atomic E-state index is 0.820. The van der Waals surface area contributed by atoms with E-state index in [0.717, 1.165) is 6.04 Å².